The van der Waals surface area contributed by atoms with Gasteiger partial charge >= 0.3 is 0 Å². The van der Waals surface area contributed by atoms with Crippen LogP contribution >= 0.6 is 11.6 Å². The van der Waals surface area contributed by atoms with Crippen LogP contribution in [0.1, 0.15) is 36.5 Å². The summed E-state index contributed by atoms with van der Waals surface area (Å²) in [5.41, 5.74) is 0.691. The summed E-state index contributed by atoms with van der Waals surface area (Å²) in [7, 11) is 2.97. The van der Waals surface area contributed by atoms with Gasteiger partial charge in [-0.2, -0.15) is 0 Å². The Kier molecular flexibility index (Phi) is 5.73. The van der Waals surface area contributed by atoms with Crippen LogP contribution in [0.3, 0.4) is 0 Å². The second-order valence-electron chi connectivity index (χ2n) is 7.91. The van der Waals surface area contributed by atoms with Crippen molar-refractivity contribution in [3.05, 3.63) is 47.0 Å². The quantitative estimate of drug-likeness (QED) is 0.714. The van der Waals surface area contributed by atoms with Gasteiger partial charge in [-0.25, -0.2) is 0 Å². The Hall–Kier alpha value is -3.26. The molecule has 0 spiro atoms. The van der Waals surface area contributed by atoms with Gasteiger partial charge in [0.05, 0.1) is 36.2 Å². The van der Waals surface area contributed by atoms with Crippen LogP contribution in [0.25, 0.3) is 0 Å². The van der Waals surface area contributed by atoms with Crippen LogP contribution in [0.2, 0.25) is 5.02 Å². The van der Waals surface area contributed by atoms with Crippen LogP contribution in [0.5, 0.6) is 11.5 Å². The molecule has 0 aromatic heterocycles. The van der Waals surface area contributed by atoms with Gasteiger partial charge in [0.1, 0.15) is 17.2 Å². The highest BCUT2D eigenvalue weighted by Gasteiger charge is 2.52. The molecule has 2 aromatic rings. The molecule has 0 saturated carbocycles. The number of carbonyl (C=O) groups excluding carboxylic acids is 3. The molecular formula is C23H24ClN3O5. The molecule has 32 heavy (non-hydrogen) atoms. The minimum absolute atomic E-state index is 0.0282. The number of benzene rings is 2. The summed E-state index contributed by atoms with van der Waals surface area (Å²) in [5, 5.41) is 3.12. The molecule has 2 heterocycles. The van der Waals surface area contributed by atoms with Crippen LogP contribution in [-0.4, -0.2) is 49.0 Å². The van der Waals surface area contributed by atoms with Crippen LogP contribution in [0.15, 0.2) is 36.4 Å². The van der Waals surface area contributed by atoms with Gasteiger partial charge in [0.25, 0.3) is 5.91 Å². The van der Waals surface area contributed by atoms with Gasteiger partial charge in [-0.1, -0.05) is 23.7 Å². The molecule has 1 fully saturated rings. The second kappa shape index (κ2) is 8.35. The molecule has 0 radical (unpaired) electrons. The second-order valence-corrected chi connectivity index (χ2v) is 8.31. The zero-order chi connectivity index (χ0) is 23.0. The topological polar surface area (TPSA) is 88.2 Å². The highest BCUT2D eigenvalue weighted by molar-refractivity contribution is 6.32. The van der Waals surface area contributed by atoms with Gasteiger partial charge < -0.3 is 19.7 Å². The van der Waals surface area contributed by atoms with Crippen molar-refractivity contribution in [3.8, 4) is 11.5 Å². The molecule has 9 heteroatoms. The van der Waals surface area contributed by atoms with Crippen molar-refractivity contribution < 1.29 is 23.9 Å². The van der Waals surface area contributed by atoms with Crippen molar-refractivity contribution >= 4 is 40.7 Å². The number of halogens is 1. The van der Waals surface area contributed by atoms with E-state index in [1.807, 2.05) is 13.0 Å². The van der Waals surface area contributed by atoms with E-state index in [0.717, 1.165) is 0 Å². The molecule has 0 bridgehead atoms. The van der Waals surface area contributed by atoms with Crippen molar-refractivity contribution in [1.82, 2.24) is 4.90 Å². The third-order valence-electron chi connectivity index (χ3n) is 6.06. The highest BCUT2D eigenvalue weighted by atomic mass is 35.5. The van der Waals surface area contributed by atoms with E-state index in [2.05, 4.69) is 5.32 Å². The first-order chi connectivity index (χ1) is 15.3. The van der Waals surface area contributed by atoms with Gasteiger partial charge in [0, 0.05) is 25.5 Å². The summed E-state index contributed by atoms with van der Waals surface area (Å²) < 4.78 is 10.5. The van der Waals surface area contributed by atoms with E-state index in [9.17, 15) is 14.4 Å². The van der Waals surface area contributed by atoms with E-state index in [-0.39, 0.29) is 30.7 Å². The van der Waals surface area contributed by atoms with Crippen LogP contribution < -0.4 is 19.7 Å². The Labute approximate surface area is 191 Å². The minimum atomic E-state index is -0.802. The van der Waals surface area contributed by atoms with Gasteiger partial charge in [-0.3, -0.25) is 19.3 Å². The molecule has 4 rings (SSSR count). The van der Waals surface area contributed by atoms with Crippen LogP contribution in [0.4, 0.5) is 11.4 Å². The van der Waals surface area contributed by atoms with Crippen LogP contribution in [-0.2, 0) is 9.59 Å². The van der Waals surface area contributed by atoms with Crippen molar-refractivity contribution in [2.24, 2.45) is 0 Å². The number of hydrogen-bond donors (Lipinski definition) is 1. The summed E-state index contributed by atoms with van der Waals surface area (Å²) in [4.78, 5) is 42.0. The fourth-order valence-corrected chi connectivity index (χ4v) is 4.67. The monoisotopic (exact) mass is 457 g/mol. The van der Waals surface area contributed by atoms with Gasteiger partial charge in [-0.05, 0) is 31.5 Å². The zero-order valence-corrected chi connectivity index (χ0v) is 18.9. The molecule has 168 valence electrons. The summed E-state index contributed by atoms with van der Waals surface area (Å²) in [6.07, 6.45) is 0.899. The Balaban J connectivity index is 1.54. The predicted octanol–water partition coefficient (Wildman–Crippen LogP) is 3.68. The predicted molar refractivity (Wildman–Crippen MR) is 120 cm³/mol. The van der Waals surface area contributed by atoms with E-state index in [1.165, 1.54) is 14.2 Å². The summed E-state index contributed by atoms with van der Waals surface area (Å²) in [6, 6.07) is 10.2. The van der Waals surface area contributed by atoms with Gasteiger partial charge in [0.2, 0.25) is 11.8 Å². The molecule has 1 N–H and O–H groups in total. The summed E-state index contributed by atoms with van der Waals surface area (Å²) in [5.74, 6) is 0.308. The Morgan fingerprint density at radius 3 is 2.59 bits per heavy atom. The first kappa shape index (κ1) is 22.0. The van der Waals surface area contributed by atoms with Gasteiger partial charge in [-0.15, -0.1) is 0 Å². The maximum Gasteiger partial charge on any atom is 0.257 e. The lowest BCUT2D eigenvalue weighted by Gasteiger charge is -2.48. The Bertz CT molecular complexity index is 1110. The maximum absolute atomic E-state index is 13.3. The lowest BCUT2D eigenvalue weighted by Crippen LogP contribution is -2.62. The number of amides is 3. The number of para-hydroxylation sites is 1. The molecule has 2 aromatic carbocycles. The summed E-state index contributed by atoms with van der Waals surface area (Å²) >= 11 is 6.18. The highest BCUT2D eigenvalue weighted by Crippen LogP contribution is 2.44. The molecule has 3 amide bonds. The number of carbonyl (C=O) groups is 3. The van der Waals surface area contributed by atoms with E-state index in [1.54, 1.807) is 40.1 Å². The molecular weight excluding hydrogens is 434 g/mol. The minimum Gasteiger partial charge on any atom is -0.495 e. The van der Waals surface area contributed by atoms with Crippen molar-refractivity contribution in [2.45, 2.75) is 31.8 Å². The van der Waals surface area contributed by atoms with Crippen molar-refractivity contribution in [2.75, 3.05) is 31.0 Å². The molecule has 0 aliphatic carbocycles. The molecule has 2 aliphatic rings. The summed E-state index contributed by atoms with van der Waals surface area (Å²) in [6.45, 7) is 2.03. The standard InChI is InChI=1S/C23H24ClN3O5/c1-23-10-8-21(29)27(23)17-7-5-4-6-14(17)22(30)26(23)11-9-20(28)25-16-12-15(24)18(31-2)13-19(16)32-3/h4-7,12-13H,8-11H2,1-3H3,(H,25,28)/t23-/m1/s1. The molecule has 1 atom stereocenters. The fraction of sp³-hybridized carbons (Fsp3) is 0.348. The molecule has 2 aliphatic heterocycles. The number of hydrogen-bond acceptors (Lipinski definition) is 5. The van der Waals surface area contributed by atoms with E-state index in [4.69, 9.17) is 21.1 Å². The van der Waals surface area contributed by atoms with Crippen molar-refractivity contribution in [1.29, 1.82) is 0 Å². The Morgan fingerprint density at radius 2 is 1.88 bits per heavy atom. The fourth-order valence-electron chi connectivity index (χ4n) is 4.43. The average molecular weight is 458 g/mol. The smallest absolute Gasteiger partial charge is 0.257 e. The van der Waals surface area contributed by atoms with Crippen LogP contribution in [0, 0.1) is 0 Å². The zero-order valence-electron chi connectivity index (χ0n) is 18.1. The number of rotatable bonds is 6. The number of fused-ring (bicyclic) bond motifs is 3. The lowest BCUT2D eigenvalue weighted by atomic mass is 9.98. The molecule has 8 nitrogen and oxygen atoms in total. The third-order valence-corrected chi connectivity index (χ3v) is 6.35. The number of ether oxygens (including phenoxy) is 2. The van der Waals surface area contributed by atoms with Crippen molar-refractivity contribution in [3.63, 3.8) is 0 Å². The number of nitrogens with zero attached hydrogens (tertiary/aromatic N) is 2. The number of methoxy groups -OCH3 is 2. The molecule has 0 unspecified atom stereocenters. The van der Waals surface area contributed by atoms with Gasteiger partial charge in [0.15, 0.2) is 0 Å². The Morgan fingerprint density at radius 1 is 1.16 bits per heavy atom. The normalized spacial score (nSPS) is 19.5. The van der Waals surface area contributed by atoms with E-state index in [0.29, 0.717) is 46.3 Å². The third kappa shape index (κ3) is 3.54. The number of anilines is 2. The largest absolute Gasteiger partial charge is 0.495 e. The molecule has 1 saturated heterocycles. The first-order valence-electron chi connectivity index (χ1n) is 10.3. The SMILES string of the molecule is COc1cc(OC)c(NC(=O)CCN2C(=O)c3ccccc3N3C(=O)CC[C@]23C)cc1Cl. The first-order valence-corrected chi connectivity index (χ1v) is 10.6. The maximum atomic E-state index is 13.3. The average Bonchev–Trinajstić information content (AvgIpc) is 3.09. The van der Waals surface area contributed by atoms with E-state index < -0.39 is 5.66 Å². The van der Waals surface area contributed by atoms with E-state index >= 15 is 0 Å². The number of nitrogens with one attached hydrogen (secondary N) is 1. The lowest BCUT2D eigenvalue weighted by molar-refractivity contribution is -0.117.